The molecule has 0 atom stereocenters. The molecule has 0 fully saturated rings. The predicted octanol–water partition coefficient (Wildman–Crippen LogP) is 4.26. The molecule has 0 aliphatic carbocycles. The second kappa shape index (κ2) is 8.14. The summed E-state index contributed by atoms with van der Waals surface area (Å²) in [6.45, 7) is 0. The summed E-state index contributed by atoms with van der Waals surface area (Å²) >= 11 is 0. The number of furan rings is 1. The van der Waals surface area contributed by atoms with E-state index in [2.05, 4.69) is 10.5 Å². The molecule has 0 bridgehead atoms. The third kappa shape index (κ3) is 4.24. The van der Waals surface area contributed by atoms with E-state index in [1.54, 1.807) is 0 Å². The molecule has 0 spiro atoms. The number of benzene rings is 2. The Balaban J connectivity index is 1.82. The first-order valence-corrected chi connectivity index (χ1v) is 8.02. The van der Waals surface area contributed by atoms with Crippen LogP contribution in [-0.2, 0) is 0 Å². The maximum atomic E-state index is 13.3. The van der Waals surface area contributed by atoms with Gasteiger partial charge in [-0.3, -0.25) is 35.8 Å². The lowest BCUT2D eigenvalue weighted by Crippen LogP contribution is -1.98. The van der Waals surface area contributed by atoms with Crippen LogP contribution in [0, 0.1) is 36.2 Å². The van der Waals surface area contributed by atoms with Crippen LogP contribution in [0.2, 0.25) is 0 Å². The second-order valence-corrected chi connectivity index (χ2v) is 5.71. The SMILES string of the molecule is O=[N+]([O-])c1ccc(N/N=C/c2ccc(-c3ccc(F)cc3[N+](=O)[O-])o2)c([N+](=O)[O-])c1. The van der Waals surface area contributed by atoms with Crippen molar-refractivity contribution >= 4 is 29.0 Å². The third-order valence-electron chi connectivity index (χ3n) is 3.81. The van der Waals surface area contributed by atoms with Gasteiger partial charge in [0.15, 0.2) is 0 Å². The first-order chi connectivity index (χ1) is 14.3. The van der Waals surface area contributed by atoms with E-state index in [1.807, 2.05) is 0 Å². The highest BCUT2D eigenvalue weighted by Gasteiger charge is 2.20. The van der Waals surface area contributed by atoms with E-state index in [1.165, 1.54) is 18.2 Å². The molecule has 3 aromatic rings. The van der Waals surface area contributed by atoms with E-state index >= 15 is 0 Å². The monoisotopic (exact) mass is 415 g/mol. The normalized spacial score (nSPS) is 10.8. The summed E-state index contributed by atoms with van der Waals surface area (Å²) in [7, 11) is 0. The molecule has 0 unspecified atom stereocenters. The number of anilines is 1. The first-order valence-electron chi connectivity index (χ1n) is 8.02. The van der Waals surface area contributed by atoms with Gasteiger partial charge in [-0.2, -0.15) is 5.10 Å². The fourth-order valence-corrected chi connectivity index (χ4v) is 2.48. The topological polar surface area (TPSA) is 167 Å². The van der Waals surface area contributed by atoms with Crippen LogP contribution in [0.5, 0.6) is 0 Å². The fourth-order valence-electron chi connectivity index (χ4n) is 2.48. The summed E-state index contributed by atoms with van der Waals surface area (Å²) in [6, 6.07) is 8.84. The number of nitro groups is 3. The molecule has 3 rings (SSSR count). The van der Waals surface area contributed by atoms with Crippen molar-refractivity contribution in [3.63, 3.8) is 0 Å². The Labute approximate surface area is 165 Å². The molecule has 1 heterocycles. The van der Waals surface area contributed by atoms with Crippen LogP contribution in [-0.4, -0.2) is 21.0 Å². The largest absolute Gasteiger partial charge is 0.455 e. The van der Waals surface area contributed by atoms with Crippen molar-refractivity contribution in [2.24, 2.45) is 5.10 Å². The van der Waals surface area contributed by atoms with Gasteiger partial charge in [0.05, 0.1) is 38.7 Å². The average Bonchev–Trinajstić information content (AvgIpc) is 3.16. The van der Waals surface area contributed by atoms with Crippen LogP contribution < -0.4 is 5.43 Å². The molecule has 2 aromatic carbocycles. The van der Waals surface area contributed by atoms with Crippen molar-refractivity contribution in [2.75, 3.05) is 5.43 Å². The summed E-state index contributed by atoms with van der Waals surface area (Å²) < 4.78 is 18.7. The first kappa shape index (κ1) is 20.1. The lowest BCUT2D eigenvalue weighted by molar-refractivity contribution is -0.393. The van der Waals surface area contributed by atoms with Crippen LogP contribution >= 0.6 is 0 Å². The van der Waals surface area contributed by atoms with Gasteiger partial charge >= 0.3 is 5.69 Å². The Morgan fingerprint density at radius 1 is 0.900 bits per heavy atom. The second-order valence-electron chi connectivity index (χ2n) is 5.71. The van der Waals surface area contributed by atoms with Crippen LogP contribution in [0.25, 0.3) is 11.3 Å². The number of nitrogens with one attached hydrogen (secondary N) is 1. The Morgan fingerprint density at radius 3 is 2.30 bits per heavy atom. The van der Waals surface area contributed by atoms with Gasteiger partial charge in [-0.15, -0.1) is 0 Å². The van der Waals surface area contributed by atoms with E-state index in [9.17, 15) is 34.7 Å². The molecule has 0 saturated heterocycles. The van der Waals surface area contributed by atoms with Gasteiger partial charge < -0.3 is 4.42 Å². The highest BCUT2D eigenvalue weighted by molar-refractivity contribution is 5.80. The maximum Gasteiger partial charge on any atom is 0.301 e. The number of hydrazone groups is 1. The molecule has 0 aliphatic rings. The summed E-state index contributed by atoms with van der Waals surface area (Å²) in [5.74, 6) is -0.544. The Hall–Kier alpha value is -4.68. The highest BCUT2D eigenvalue weighted by atomic mass is 19.1. The molecule has 0 aliphatic heterocycles. The van der Waals surface area contributed by atoms with Gasteiger partial charge in [0, 0.05) is 6.07 Å². The Morgan fingerprint density at radius 2 is 1.63 bits per heavy atom. The smallest absolute Gasteiger partial charge is 0.301 e. The van der Waals surface area contributed by atoms with Crippen molar-refractivity contribution in [3.8, 4) is 11.3 Å². The number of hydrogen-bond donors (Lipinski definition) is 1. The number of nitro benzene ring substituents is 3. The summed E-state index contributed by atoms with van der Waals surface area (Å²) in [5.41, 5.74) is 0.861. The standard InChI is InChI=1S/C17H10FN5O7/c18-10-1-4-13(15(7-10)22(26)27)17-6-3-12(30-17)9-19-20-14-5-2-11(21(24)25)8-16(14)23(28)29/h1-9,20H/b19-9+. The number of halogens is 1. The fraction of sp³-hybridized carbons (Fsp3) is 0. The lowest BCUT2D eigenvalue weighted by atomic mass is 10.1. The van der Waals surface area contributed by atoms with E-state index < -0.39 is 37.6 Å². The minimum atomic E-state index is -0.802. The molecular formula is C17H10FN5O7. The number of nitrogens with zero attached hydrogens (tertiary/aromatic N) is 4. The minimum Gasteiger partial charge on any atom is -0.455 e. The summed E-state index contributed by atoms with van der Waals surface area (Å²) in [5, 5.41) is 36.7. The molecule has 152 valence electrons. The molecule has 0 amide bonds. The van der Waals surface area contributed by atoms with Crippen molar-refractivity contribution in [1.82, 2.24) is 0 Å². The van der Waals surface area contributed by atoms with Gasteiger partial charge in [0.1, 0.15) is 23.0 Å². The summed E-state index contributed by atoms with van der Waals surface area (Å²) in [6.07, 6.45) is 1.14. The molecule has 13 heteroatoms. The zero-order valence-corrected chi connectivity index (χ0v) is 14.7. The van der Waals surface area contributed by atoms with Gasteiger partial charge in [-0.25, -0.2) is 4.39 Å². The van der Waals surface area contributed by atoms with Crippen molar-refractivity contribution in [2.45, 2.75) is 0 Å². The van der Waals surface area contributed by atoms with Crippen LogP contribution in [0.1, 0.15) is 5.76 Å². The van der Waals surface area contributed by atoms with E-state index in [4.69, 9.17) is 4.42 Å². The van der Waals surface area contributed by atoms with Gasteiger partial charge in [0.25, 0.3) is 11.4 Å². The van der Waals surface area contributed by atoms with Crippen molar-refractivity contribution < 1.29 is 23.6 Å². The number of non-ortho nitro benzene ring substituents is 1. The number of hydrogen-bond acceptors (Lipinski definition) is 9. The molecule has 0 radical (unpaired) electrons. The van der Waals surface area contributed by atoms with Crippen molar-refractivity contribution in [3.05, 3.63) is 90.5 Å². The molecular weight excluding hydrogens is 405 g/mol. The molecule has 1 aromatic heterocycles. The zero-order valence-electron chi connectivity index (χ0n) is 14.7. The van der Waals surface area contributed by atoms with E-state index in [0.717, 1.165) is 36.5 Å². The quantitative estimate of drug-likeness (QED) is 0.339. The average molecular weight is 415 g/mol. The zero-order chi connectivity index (χ0) is 21.8. The molecule has 1 N–H and O–H groups in total. The molecule has 30 heavy (non-hydrogen) atoms. The third-order valence-corrected chi connectivity index (χ3v) is 3.81. The Bertz CT molecular complexity index is 1190. The van der Waals surface area contributed by atoms with Gasteiger partial charge in [0.2, 0.25) is 0 Å². The lowest BCUT2D eigenvalue weighted by Gasteiger charge is -2.01. The van der Waals surface area contributed by atoms with Crippen LogP contribution in [0.15, 0.2) is 58.0 Å². The van der Waals surface area contributed by atoms with E-state index in [0.29, 0.717) is 0 Å². The van der Waals surface area contributed by atoms with Gasteiger partial charge in [-0.05, 0) is 30.3 Å². The summed E-state index contributed by atoms with van der Waals surface area (Å²) in [4.78, 5) is 30.6. The van der Waals surface area contributed by atoms with Gasteiger partial charge in [-0.1, -0.05) is 0 Å². The van der Waals surface area contributed by atoms with Crippen LogP contribution in [0.4, 0.5) is 27.1 Å². The molecule has 0 saturated carbocycles. The van der Waals surface area contributed by atoms with E-state index in [-0.39, 0.29) is 22.8 Å². The highest BCUT2D eigenvalue weighted by Crippen LogP contribution is 2.32. The van der Waals surface area contributed by atoms with Crippen LogP contribution in [0.3, 0.4) is 0 Å². The number of rotatable bonds is 7. The minimum absolute atomic E-state index is 0.0556. The predicted molar refractivity (Wildman–Crippen MR) is 102 cm³/mol. The Kier molecular flexibility index (Phi) is 5.44. The maximum absolute atomic E-state index is 13.3. The molecule has 12 nitrogen and oxygen atoms in total. The van der Waals surface area contributed by atoms with Crippen molar-refractivity contribution in [1.29, 1.82) is 0 Å².